The third-order valence-electron chi connectivity index (χ3n) is 5.26. The molecule has 2 heterocycles. The van der Waals surface area contributed by atoms with Gasteiger partial charge >= 0.3 is 0 Å². The number of nitrogens with zero attached hydrogens (tertiary/aromatic N) is 3. The minimum Gasteiger partial charge on any atom is -0.356 e. The molecule has 6 heteroatoms. The van der Waals surface area contributed by atoms with Crippen LogP contribution in [0.25, 0.3) is 11.4 Å². The summed E-state index contributed by atoms with van der Waals surface area (Å²) in [6.07, 6.45) is 2.92. The maximum Gasteiger partial charge on any atom is 0.241 e. The molecule has 0 saturated carbocycles. The summed E-state index contributed by atoms with van der Waals surface area (Å²) in [5, 5.41) is 7.16. The minimum absolute atomic E-state index is 0.0487. The van der Waals surface area contributed by atoms with Crippen LogP contribution in [0.2, 0.25) is 0 Å². The Balaban J connectivity index is 1.60. The third kappa shape index (κ3) is 5.19. The number of rotatable bonds is 6. The van der Waals surface area contributed by atoms with Gasteiger partial charge < -0.3 is 9.84 Å². The average molecular weight is 385 g/mol. The highest BCUT2D eigenvalue weighted by Gasteiger charge is 2.26. The maximum atomic E-state index is 12.3. The largest absolute Gasteiger partial charge is 0.356 e. The van der Waals surface area contributed by atoms with E-state index < -0.39 is 0 Å². The lowest BCUT2D eigenvalue weighted by Crippen LogP contribution is -2.42. The number of amides is 1. The van der Waals surface area contributed by atoms with Crippen molar-refractivity contribution in [1.29, 1.82) is 0 Å². The molecule has 1 aliphatic rings. The number of piperidine rings is 1. The third-order valence-corrected chi connectivity index (χ3v) is 5.26. The molecule has 1 N–H and O–H groups in total. The summed E-state index contributed by atoms with van der Waals surface area (Å²) in [5.74, 6) is 1.43. The monoisotopic (exact) mass is 384 g/mol. The lowest BCUT2D eigenvalue weighted by molar-refractivity contribution is -0.126. The van der Waals surface area contributed by atoms with Crippen molar-refractivity contribution in [1.82, 2.24) is 20.4 Å². The average Bonchev–Trinajstić information content (AvgIpc) is 3.14. The van der Waals surface area contributed by atoms with Crippen LogP contribution in [0, 0.1) is 5.92 Å². The van der Waals surface area contributed by atoms with Crippen LogP contribution in [0.3, 0.4) is 0 Å². The first-order valence-electron chi connectivity index (χ1n) is 10.3. The number of likely N-dealkylation sites (tertiary alicyclic amines) is 1. The van der Waals surface area contributed by atoms with Gasteiger partial charge in [-0.15, -0.1) is 0 Å². The van der Waals surface area contributed by atoms with Crippen molar-refractivity contribution in [3.05, 3.63) is 35.7 Å². The molecule has 1 aromatic heterocycles. The van der Waals surface area contributed by atoms with Crippen LogP contribution in [0.5, 0.6) is 0 Å². The van der Waals surface area contributed by atoms with E-state index >= 15 is 0 Å². The van der Waals surface area contributed by atoms with Crippen LogP contribution in [0.4, 0.5) is 0 Å². The molecule has 1 saturated heterocycles. The van der Waals surface area contributed by atoms with E-state index in [-0.39, 0.29) is 17.2 Å². The second kappa shape index (κ2) is 8.86. The molecular weight excluding hydrogens is 352 g/mol. The van der Waals surface area contributed by atoms with Gasteiger partial charge in [-0.2, -0.15) is 4.98 Å². The Bertz CT molecular complexity index is 777. The molecule has 28 heavy (non-hydrogen) atoms. The minimum atomic E-state index is 0.0487. The van der Waals surface area contributed by atoms with E-state index in [0.717, 1.165) is 44.5 Å². The summed E-state index contributed by atoms with van der Waals surface area (Å²) >= 11 is 0. The van der Waals surface area contributed by atoms with Crippen LogP contribution in [-0.2, 0) is 16.8 Å². The van der Waals surface area contributed by atoms with Gasteiger partial charge in [-0.05, 0) is 36.8 Å². The number of nitrogens with one attached hydrogen (secondary N) is 1. The van der Waals surface area contributed by atoms with Gasteiger partial charge in [0.15, 0.2) is 0 Å². The molecule has 6 nitrogen and oxygen atoms in total. The normalized spacial score (nSPS) is 18.2. The van der Waals surface area contributed by atoms with E-state index in [0.29, 0.717) is 18.3 Å². The first-order chi connectivity index (χ1) is 13.4. The molecule has 1 atom stereocenters. The standard InChI is InChI=1S/C22H32N4O2/c1-5-12-23-21(27)17-7-6-13-26(14-17)15-19-24-20(25-28-19)16-8-10-18(11-9-16)22(2,3)4/h8-11,17H,5-7,12-15H2,1-4H3,(H,23,27). The second-order valence-electron chi connectivity index (χ2n) is 8.70. The number of carbonyl (C=O) groups excluding carboxylic acids is 1. The van der Waals surface area contributed by atoms with Crippen LogP contribution in [-0.4, -0.2) is 40.6 Å². The topological polar surface area (TPSA) is 71.3 Å². The van der Waals surface area contributed by atoms with Crippen molar-refractivity contribution in [3.63, 3.8) is 0 Å². The molecule has 0 spiro atoms. The second-order valence-corrected chi connectivity index (χ2v) is 8.70. The summed E-state index contributed by atoms with van der Waals surface area (Å²) in [4.78, 5) is 19.1. The summed E-state index contributed by atoms with van der Waals surface area (Å²) in [6, 6.07) is 8.33. The molecule has 1 unspecified atom stereocenters. The SMILES string of the molecule is CCCNC(=O)C1CCCN(Cc2nc(-c3ccc(C(C)(C)C)cc3)no2)C1. The molecule has 1 aliphatic heterocycles. The highest BCUT2D eigenvalue weighted by Crippen LogP contribution is 2.25. The quantitative estimate of drug-likeness (QED) is 0.821. The van der Waals surface area contributed by atoms with Crippen LogP contribution in [0.15, 0.2) is 28.8 Å². The molecular formula is C22H32N4O2. The molecule has 0 aliphatic carbocycles. The van der Waals surface area contributed by atoms with Crippen molar-refractivity contribution in [2.75, 3.05) is 19.6 Å². The van der Waals surface area contributed by atoms with Crippen LogP contribution < -0.4 is 5.32 Å². The molecule has 0 bridgehead atoms. The Labute approximate surface area is 167 Å². The molecule has 1 amide bonds. The summed E-state index contributed by atoms with van der Waals surface area (Å²) in [6.45, 7) is 11.7. The fraction of sp³-hybridized carbons (Fsp3) is 0.591. The van der Waals surface area contributed by atoms with Gasteiger partial charge in [0, 0.05) is 18.7 Å². The highest BCUT2D eigenvalue weighted by molar-refractivity contribution is 5.78. The van der Waals surface area contributed by atoms with Gasteiger partial charge in [-0.25, -0.2) is 0 Å². The fourth-order valence-corrected chi connectivity index (χ4v) is 3.55. The van der Waals surface area contributed by atoms with E-state index in [1.807, 2.05) is 12.1 Å². The van der Waals surface area contributed by atoms with Gasteiger partial charge in [0.2, 0.25) is 17.6 Å². The van der Waals surface area contributed by atoms with E-state index in [4.69, 9.17) is 4.52 Å². The highest BCUT2D eigenvalue weighted by atomic mass is 16.5. The zero-order chi connectivity index (χ0) is 20.1. The van der Waals surface area contributed by atoms with Gasteiger partial charge in [0.25, 0.3) is 0 Å². The molecule has 1 fully saturated rings. The number of carbonyl (C=O) groups is 1. The Morgan fingerprint density at radius 3 is 2.71 bits per heavy atom. The zero-order valence-corrected chi connectivity index (χ0v) is 17.5. The lowest BCUT2D eigenvalue weighted by atomic mass is 9.87. The smallest absolute Gasteiger partial charge is 0.241 e. The van der Waals surface area contributed by atoms with Crippen LogP contribution >= 0.6 is 0 Å². The summed E-state index contributed by atoms with van der Waals surface area (Å²) < 4.78 is 5.48. The van der Waals surface area contributed by atoms with Crippen molar-refractivity contribution >= 4 is 5.91 Å². The van der Waals surface area contributed by atoms with E-state index in [1.54, 1.807) is 0 Å². The lowest BCUT2D eigenvalue weighted by Gasteiger charge is -2.30. The number of aromatic nitrogens is 2. The van der Waals surface area contributed by atoms with Crippen molar-refractivity contribution in [3.8, 4) is 11.4 Å². The number of hydrogen-bond donors (Lipinski definition) is 1. The molecule has 2 aromatic rings. The summed E-state index contributed by atoms with van der Waals surface area (Å²) in [7, 11) is 0. The molecule has 152 valence electrons. The Hall–Kier alpha value is -2.21. The first-order valence-corrected chi connectivity index (χ1v) is 10.3. The summed E-state index contributed by atoms with van der Waals surface area (Å²) in [5.41, 5.74) is 2.36. The molecule has 3 rings (SSSR count). The van der Waals surface area contributed by atoms with Gasteiger partial charge in [0.1, 0.15) is 0 Å². The Morgan fingerprint density at radius 1 is 1.29 bits per heavy atom. The fourth-order valence-electron chi connectivity index (χ4n) is 3.55. The van der Waals surface area contributed by atoms with E-state index in [2.05, 4.69) is 60.2 Å². The van der Waals surface area contributed by atoms with Crippen molar-refractivity contribution < 1.29 is 9.32 Å². The number of hydrogen-bond acceptors (Lipinski definition) is 5. The molecule has 1 aromatic carbocycles. The van der Waals surface area contributed by atoms with Crippen molar-refractivity contribution in [2.24, 2.45) is 5.92 Å². The van der Waals surface area contributed by atoms with Gasteiger partial charge in [-0.1, -0.05) is 57.1 Å². The number of benzene rings is 1. The van der Waals surface area contributed by atoms with Gasteiger partial charge in [-0.3, -0.25) is 9.69 Å². The Morgan fingerprint density at radius 2 is 2.04 bits per heavy atom. The Kier molecular flexibility index (Phi) is 6.50. The zero-order valence-electron chi connectivity index (χ0n) is 17.5. The predicted molar refractivity (Wildman–Crippen MR) is 110 cm³/mol. The van der Waals surface area contributed by atoms with Crippen LogP contribution in [0.1, 0.15) is 58.4 Å². The van der Waals surface area contributed by atoms with E-state index in [9.17, 15) is 4.79 Å². The molecule has 0 radical (unpaired) electrons. The van der Waals surface area contributed by atoms with E-state index in [1.165, 1.54) is 5.56 Å². The maximum absolute atomic E-state index is 12.3. The van der Waals surface area contributed by atoms with Gasteiger partial charge in [0.05, 0.1) is 12.5 Å². The first kappa shape index (κ1) is 20.5. The predicted octanol–water partition coefficient (Wildman–Crippen LogP) is 3.77. The van der Waals surface area contributed by atoms with Crippen molar-refractivity contribution in [2.45, 2.75) is 58.9 Å².